The van der Waals surface area contributed by atoms with E-state index in [0.717, 1.165) is 30.9 Å². The van der Waals surface area contributed by atoms with Gasteiger partial charge in [-0.05, 0) is 73.9 Å². The van der Waals surface area contributed by atoms with Gasteiger partial charge in [0.15, 0.2) is 0 Å². The van der Waals surface area contributed by atoms with Gasteiger partial charge in [-0.3, -0.25) is 9.80 Å². The van der Waals surface area contributed by atoms with E-state index in [0.29, 0.717) is 17.5 Å². The van der Waals surface area contributed by atoms with E-state index < -0.39 is 23.9 Å². The standard InChI is InChI=1S/C28H34FN3O5/c1-28(2,3)37-26(33)30-12-20-14-32(27(34)36-20)18-7-10-21(24(29)11-18)25-22-15-31(16-23(22)25)13-17-5-8-19(35-4)9-6-17/h5-11,20,22-23,25H,12-16H2,1-4H3,(H,30,33)/t20-,22-,23+,25?/m0/s1. The lowest BCUT2D eigenvalue weighted by atomic mass is 10.0. The van der Waals surface area contributed by atoms with Gasteiger partial charge < -0.3 is 19.5 Å². The second-order valence-electron chi connectivity index (χ2n) is 11.1. The van der Waals surface area contributed by atoms with Crippen molar-refractivity contribution in [2.75, 3.05) is 38.2 Å². The van der Waals surface area contributed by atoms with Crippen LogP contribution in [0.15, 0.2) is 42.5 Å². The van der Waals surface area contributed by atoms with Gasteiger partial charge in [0.05, 0.1) is 25.9 Å². The van der Waals surface area contributed by atoms with Gasteiger partial charge in [0, 0.05) is 19.6 Å². The molecule has 2 saturated heterocycles. The van der Waals surface area contributed by atoms with Gasteiger partial charge >= 0.3 is 12.2 Å². The van der Waals surface area contributed by atoms with E-state index in [1.807, 2.05) is 12.1 Å². The third-order valence-corrected chi connectivity index (χ3v) is 7.24. The summed E-state index contributed by atoms with van der Waals surface area (Å²) in [6, 6.07) is 13.1. The number of nitrogens with zero attached hydrogens (tertiary/aromatic N) is 2. The number of methoxy groups -OCH3 is 1. The molecule has 37 heavy (non-hydrogen) atoms. The lowest BCUT2D eigenvalue weighted by Crippen LogP contribution is -2.38. The minimum Gasteiger partial charge on any atom is -0.497 e. The lowest BCUT2D eigenvalue weighted by molar-refractivity contribution is 0.0496. The number of benzene rings is 2. The number of ether oxygens (including phenoxy) is 3. The smallest absolute Gasteiger partial charge is 0.414 e. The number of rotatable bonds is 7. The molecule has 2 aromatic carbocycles. The molecule has 3 fully saturated rings. The van der Waals surface area contributed by atoms with E-state index in [9.17, 15) is 9.59 Å². The van der Waals surface area contributed by atoms with Crippen LogP contribution >= 0.6 is 0 Å². The summed E-state index contributed by atoms with van der Waals surface area (Å²) in [6.45, 7) is 8.45. The summed E-state index contributed by atoms with van der Waals surface area (Å²) in [5, 5.41) is 2.62. The maximum Gasteiger partial charge on any atom is 0.414 e. The molecule has 2 aromatic rings. The van der Waals surface area contributed by atoms with Gasteiger partial charge in [-0.25, -0.2) is 14.0 Å². The summed E-state index contributed by atoms with van der Waals surface area (Å²) in [5.74, 6) is 1.69. The molecule has 0 bridgehead atoms. The fraction of sp³-hybridized carbons (Fsp3) is 0.500. The number of anilines is 1. The predicted molar refractivity (Wildman–Crippen MR) is 136 cm³/mol. The number of cyclic esters (lactones) is 1. The first-order valence-corrected chi connectivity index (χ1v) is 12.7. The van der Waals surface area contributed by atoms with Crippen LogP contribution in [0.4, 0.5) is 19.7 Å². The Labute approximate surface area is 216 Å². The maximum atomic E-state index is 15.2. The maximum absolute atomic E-state index is 15.2. The summed E-state index contributed by atoms with van der Waals surface area (Å²) >= 11 is 0. The topological polar surface area (TPSA) is 80.3 Å². The first kappa shape index (κ1) is 25.3. The molecule has 2 amide bonds. The van der Waals surface area contributed by atoms with Crippen molar-refractivity contribution >= 4 is 17.9 Å². The summed E-state index contributed by atoms with van der Waals surface area (Å²) < 4.78 is 31.0. The molecule has 1 saturated carbocycles. The third-order valence-electron chi connectivity index (χ3n) is 7.24. The average molecular weight is 512 g/mol. The molecule has 0 radical (unpaired) electrons. The van der Waals surface area contributed by atoms with Gasteiger partial charge in [0.25, 0.3) is 0 Å². The fourth-order valence-corrected chi connectivity index (χ4v) is 5.50. The molecule has 1 aliphatic carbocycles. The fourth-order valence-electron chi connectivity index (χ4n) is 5.50. The zero-order valence-corrected chi connectivity index (χ0v) is 21.7. The number of piperidine rings is 1. The number of likely N-dealkylation sites (tertiary alicyclic amines) is 1. The molecule has 4 atom stereocenters. The Kier molecular flexibility index (Phi) is 6.74. The monoisotopic (exact) mass is 511 g/mol. The number of carbonyl (C=O) groups excluding carboxylic acids is 2. The van der Waals surface area contributed by atoms with E-state index in [-0.39, 0.29) is 24.8 Å². The van der Waals surface area contributed by atoms with Crippen LogP contribution in [0.25, 0.3) is 0 Å². The summed E-state index contributed by atoms with van der Waals surface area (Å²) in [5.41, 5.74) is 1.80. The first-order valence-electron chi connectivity index (χ1n) is 12.7. The van der Waals surface area contributed by atoms with Crippen LogP contribution in [0.1, 0.15) is 37.8 Å². The van der Waals surface area contributed by atoms with Crippen LogP contribution < -0.4 is 15.0 Å². The molecular weight excluding hydrogens is 477 g/mol. The van der Waals surface area contributed by atoms with E-state index in [4.69, 9.17) is 14.2 Å². The van der Waals surface area contributed by atoms with E-state index >= 15 is 4.39 Å². The molecule has 8 nitrogen and oxygen atoms in total. The Hall–Kier alpha value is -3.33. The van der Waals surface area contributed by atoms with Gasteiger partial charge in [-0.1, -0.05) is 18.2 Å². The van der Waals surface area contributed by atoms with Crippen LogP contribution in [0.5, 0.6) is 5.75 Å². The number of nitrogens with one attached hydrogen (secondary N) is 1. The van der Waals surface area contributed by atoms with E-state index in [1.165, 1.54) is 16.5 Å². The molecule has 3 aliphatic rings. The molecule has 5 rings (SSSR count). The number of hydrogen-bond donors (Lipinski definition) is 1. The molecule has 2 aliphatic heterocycles. The molecule has 198 valence electrons. The minimum atomic E-state index is -0.614. The van der Waals surface area contributed by atoms with Crippen LogP contribution in [0.3, 0.4) is 0 Å². The van der Waals surface area contributed by atoms with Gasteiger partial charge in [-0.15, -0.1) is 0 Å². The van der Waals surface area contributed by atoms with Crippen LogP contribution in [-0.4, -0.2) is 62.1 Å². The quantitative estimate of drug-likeness (QED) is 0.589. The van der Waals surface area contributed by atoms with Crippen molar-refractivity contribution in [3.8, 4) is 5.75 Å². The largest absolute Gasteiger partial charge is 0.497 e. The Balaban J connectivity index is 1.13. The molecule has 2 heterocycles. The van der Waals surface area contributed by atoms with E-state index in [1.54, 1.807) is 40.0 Å². The van der Waals surface area contributed by atoms with Crippen LogP contribution in [-0.2, 0) is 16.0 Å². The number of hydrogen-bond acceptors (Lipinski definition) is 6. The zero-order chi connectivity index (χ0) is 26.3. The molecule has 9 heteroatoms. The molecular formula is C28H34FN3O5. The number of amides is 2. The van der Waals surface area contributed by atoms with Crippen LogP contribution in [0.2, 0.25) is 0 Å². The Morgan fingerprint density at radius 3 is 2.43 bits per heavy atom. The lowest BCUT2D eigenvalue weighted by Gasteiger charge is -2.20. The highest BCUT2D eigenvalue weighted by Crippen LogP contribution is 2.59. The summed E-state index contributed by atoms with van der Waals surface area (Å²) in [7, 11) is 1.66. The zero-order valence-electron chi connectivity index (χ0n) is 21.7. The second kappa shape index (κ2) is 9.85. The van der Waals surface area contributed by atoms with Crippen molar-refractivity contribution < 1.29 is 28.2 Å². The molecule has 1 N–H and O–H groups in total. The highest BCUT2D eigenvalue weighted by atomic mass is 19.1. The van der Waals surface area contributed by atoms with Crippen molar-refractivity contribution in [2.24, 2.45) is 11.8 Å². The number of alkyl carbamates (subject to hydrolysis) is 1. The Morgan fingerprint density at radius 1 is 1.11 bits per heavy atom. The minimum absolute atomic E-state index is 0.121. The molecule has 0 spiro atoms. The van der Waals surface area contributed by atoms with Crippen molar-refractivity contribution in [1.29, 1.82) is 0 Å². The van der Waals surface area contributed by atoms with Crippen molar-refractivity contribution in [3.05, 3.63) is 59.4 Å². The third kappa shape index (κ3) is 5.66. The normalized spacial score (nSPS) is 25.0. The number of carbonyl (C=O) groups is 2. The Bertz CT molecular complexity index is 1150. The van der Waals surface area contributed by atoms with Crippen molar-refractivity contribution in [1.82, 2.24) is 10.2 Å². The predicted octanol–water partition coefficient (Wildman–Crippen LogP) is 4.53. The molecule has 1 unspecified atom stereocenters. The van der Waals surface area contributed by atoms with E-state index in [2.05, 4.69) is 22.3 Å². The van der Waals surface area contributed by atoms with Gasteiger partial charge in [-0.2, -0.15) is 0 Å². The van der Waals surface area contributed by atoms with Gasteiger partial charge in [0.1, 0.15) is 23.3 Å². The summed E-state index contributed by atoms with van der Waals surface area (Å²) in [4.78, 5) is 28.1. The van der Waals surface area contributed by atoms with Crippen molar-refractivity contribution in [2.45, 2.75) is 44.9 Å². The number of fused-ring (bicyclic) bond motifs is 1. The molecule has 0 aromatic heterocycles. The van der Waals surface area contributed by atoms with Gasteiger partial charge in [0.2, 0.25) is 0 Å². The van der Waals surface area contributed by atoms with Crippen LogP contribution in [0, 0.1) is 17.7 Å². The second-order valence-corrected chi connectivity index (χ2v) is 11.1. The average Bonchev–Trinajstić information content (AvgIpc) is 3.13. The highest BCUT2D eigenvalue weighted by Gasteiger charge is 2.56. The van der Waals surface area contributed by atoms with Crippen molar-refractivity contribution in [3.63, 3.8) is 0 Å². The first-order chi connectivity index (χ1) is 17.6. The Morgan fingerprint density at radius 2 is 1.81 bits per heavy atom. The SMILES string of the molecule is COc1ccc(CN2C[C@@H]3C(c4ccc(N5C[C@H](CNC(=O)OC(C)(C)C)OC5=O)cc4F)[C@@H]3C2)cc1. The highest BCUT2D eigenvalue weighted by molar-refractivity contribution is 5.89. The number of halogens is 1. The summed E-state index contributed by atoms with van der Waals surface area (Å²) in [6.07, 6.45) is -1.67.